The van der Waals surface area contributed by atoms with Gasteiger partial charge in [0.15, 0.2) is 0 Å². The Hall–Kier alpha value is -2.35. The molecule has 0 fully saturated rings. The molecule has 0 aliphatic rings. The van der Waals surface area contributed by atoms with Crippen LogP contribution in [0.5, 0.6) is 0 Å². The Bertz CT molecular complexity index is 691. The maximum absolute atomic E-state index is 12.3. The van der Waals surface area contributed by atoms with Gasteiger partial charge in [-0.15, -0.1) is 5.10 Å². The predicted molar refractivity (Wildman–Crippen MR) is 77.8 cm³/mol. The minimum absolute atomic E-state index is 0.133. The molecule has 110 valence electrons. The van der Waals surface area contributed by atoms with Gasteiger partial charge in [-0.2, -0.15) is 0 Å². The Balaban J connectivity index is 2.25. The number of carboxylic acid groups (broad SMARTS) is 1. The number of carbonyl (C=O) groups excluding carboxylic acids is 1. The van der Waals surface area contributed by atoms with E-state index in [0.29, 0.717) is 16.3 Å². The molecule has 0 atom stereocenters. The van der Waals surface area contributed by atoms with Crippen LogP contribution in [0.25, 0.3) is 0 Å². The lowest BCUT2D eigenvalue weighted by Crippen LogP contribution is -2.20. The maximum atomic E-state index is 12.3. The monoisotopic (exact) mass is 306 g/mol. The van der Waals surface area contributed by atoms with Crippen molar-refractivity contribution in [1.82, 2.24) is 14.6 Å². The molecule has 0 unspecified atom stereocenters. The normalized spacial score (nSPS) is 11.2. The van der Waals surface area contributed by atoms with E-state index in [4.69, 9.17) is 5.11 Å². The molecule has 0 aliphatic heterocycles. The molecule has 2 aromatic heterocycles. The van der Waals surface area contributed by atoms with Gasteiger partial charge in [0.05, 0.1) is 5.69 Å². The van der Waals surface area contributed by atoms with Crippen molar-refractivity contribution in [3.8, 4) is 0 Å². The maximum Gasteiger partial charge on any atom is 0.354 e. The van der Waals surface area contributed by atoms with Gasteiger partial charge in [-0.25, -0.2) is 9.78 Å². The highest BCUT2D eigenvalue weighted by Gasteiger charge is 2.26. The van der Waals surface area contributed by atoms with Gasteiger partial charge in [-0.05, 0) is 23.7 Å². The molecule has 0 saturated carbocycles. The van der Waals surface area contributed by atoms with Gasteiger partial charge in [-0.3, -0.25) is 4.79 Å². The van der Waals surface area contributed by atoms with Crippen molar-refractivity contribution < 1.29 is 14.7 Å². The van der Waals surface area contributed by atoms with E-state index in [1.165, 1.54) is 18.3 Å². The summed E-state index contributed by atoms with van der Waals surface area (Å²) in [6.07, 6.45) is 1.33. The number of nitrogens with one attached hydrogen (secondary N) is 1. The van der Waals surface area contributed by atoms with E-state index in [1.807, 2.05) is 20.8 Å². The zero-order valence-electron chi connectivity index (χ0n) is 11.7. The number of anilines is 1. The average molecular weight is 306 g/mol. The average Bonchev–Trinajstić information content (AvgIpc) is 2.88. The van der Waals surface area contributed by atoms with E-state index in [9.17, 15) is 9.59 Å². The van der Waals surface area contributed by atoms with E-state index in [1.54, 1.807) is 0 Å². The third-order valence-electron chi connectivity index (χ3n) is 2.64. The summed E-state index contributed by atoms with van der Waals surface area (Å²) in [5, 5.41) is 15.5. The Morgan fingerprint density at radius 3 is 2.67 bits per heavy atom. The van der Waals surface area contributed by atoms with Crippen molar-refractivity contribution in [3.05, 3.63) is 34.6 Å². The number of pyridine rings is 1. The van der Waals surface area contributed by atoms with Crippen LogP contribution in [0.1, 0.15) is 46.6 Å². The number of hydrogen-bond acceptors (Lipinski definition) is 6. The Morgan fingerprint density at radius 2 is 2.05 bits per heavy atom. The fraction of sp³-hybridized carbons (Fsp3) is 0.308. The van der Waals surface area contributed by atoms with E-state index in [0.717, 1.165) is 11.5 Å². The zero-order valence-corrected chi connectivity index (χ0v) is 12.6. The SMILES string of the molecule is CC(C)(C)c1nnsc1C(=O)Nc1ccnc(C(=O)O)c1. The minimum Gasteiger partial charge on any atom is -0.477 e. The summed E-state index contributed by atoms with van der Waals surface area (Å²) in [4.78, 5) is 27.2. The van der Waals surface area contributed by atoms with Gasteiger partial charge in [0.25, 0.3) is 5.91 Å². The summed E-state index contributed by atoms with van der Waals surface area (Å²) in [5.41, 5.74) is 0.536. The van der Waals surface area contributed by atoms with Gasteiger partial charge < -0.3 is 10.4 Å². The molecule has 8 heteroatoms. The van der Waals surface area contributed by atoms with Crippen LogP contribution in [0.2, 0.25) is 0 Å². The number of nitrogens with zero attached hydrogens (tertiary/aromatic N) is 3. The van der Waals surface area contributed by atoms with Crippen LogP contribution in [-0.4, -0.2) is 31.6 Å². The molecular weight excluding hydrogens is 292 g/mol. The number of aromatic carboxylic acids is 1. The number of hydrogen-bond donors (Lipinski definition) is 2. The fourth-order valence-corrected chi connectivity index (χ4v) is 2.41. The number of amides is 1. The summed E-state index contributed by atoms with van der Waals surface area (Å²) in [6, 6.07) is 2.82. The highest BCUT2D eigenvalue weighted by molar-refractivity contribution is 7.08. The summed E-state index contributed by atoms with van der Waals surface area (Å²) < 4.78 is 3.82. The lowest BCUT2D eigenvalue weighted by Gasteiger charge is -2.16. The van der Waals surface area contributed by atoms with Gasteiger partial charge in [0, 0.05) is 17.3 Å². The van der Waals surface area contributed by atoms with Crippen LogP contribution in [0, 0.1) is 0 Å². The third kappa shape index (κ3) is 3.40. The second kappa shape index (κ2) is 5.57. The number of rotatable bonds is 3. The lowest BCUT2D eigenvalue weighted by atomic mass is 9.91. The highest BCUT2D eigenvalue weighted by Crippen LogP contribution is 2.26. The van der Waals surface area contributed by atoms with Crippen LogP contribution in [0.3, 0.4) is 0 Å². The molecule has 0 bridgehead atoms. The van der Waals surface area contributed by atoms with Crippen molar-refractivity contribution in [2.24, 2.45) is 0 Å². The van der Waals surface area contributed by atoms with E-state index >= 15 is 0 Å². The van der Waals surface area contributed by atoms with Crippen LogP contribution in [-0.2, 0) is 5.41 Å². The Morgan fingerprint density at radius 1 is 1.33 bits per heavy atom. The molecule has 1 amide bonds. The van der Waals surface area contributed by atoms with Crippen molar-refractivity contribution in [1.29, 1.82) is 0 Å². The molecule has 0 aliphatic carbocycles. The largest absolute Gasteiger partial charge is 0.477 e. The quantitative estimate of drug-likeness (QED) is 0.900. The van der Waals surface area contributed by atoms with Gasteiger partial charge in [0.2, 0.25) is 0 Å². The number of aromatic nitrogens is 3. The minimum atomic E-state index is -1.15. The molecule has 0 radical (unpaired) electrons. The molecule has 21 heavy (non-hydrogen) atoms. The van der Waals surface area contributed by atoms with Crippen molar-refractivity contribution >= 4 is 29.1 Å². The third-order valence-corrected chi connectivity index (χ3v) is 3.37. The first-order valence-electron chi connectivity index (χ1n) is 6.12. The van der Waals surface area contributed by atoms with Crippen molar-refractivity contribution in [2.75, 3.05) is 5.32 Å². The first-order valence-corrected chi connectivity index (χ1v) is 6.90. The summed E-state index contributed by atoms with van der Waals surface area (Å²) >= 11 is 1.01. The first-order chi connectivity index (χ1) is 9.79. The van der Waals surface area contributed by atoms with Crippen LogP contribution < -0.4 is 5.32 Å². The summed E-state index contributed by atoms with van der Waals surface area (Å²) in [5.74, 6) is -1.52. The molecule has 0 aromatic carbocycles. The number of carbonyl (C=O) groups is 2. The van der Waals surface area contributed by atoms with Gasteiger partial charge in [0.1, 0.15) is 10.6 Å². The summed E-state index contributed by atoms with van der Waals surface area (Å²) in [7, 11) is 0. The number of carboxylic acids is 1. The second-order valence-electron chi connectivity index (χ2n) is 5.39. The zero-order chi connectivity index (χ0) is 15.6. The Labute approximate surface area is 125 Å². The molecule has 0 spiro atoms. The summed E-state index contributed by atoms with van der Waals surface area (Å²) in [6.45, 7) is 5.82. The Kier molecular flexibility index (Phi) is 3.99. The van der Waals surface area contributed by atoms with Crippen LogP contribution >= 0.6 is 11.5 Å². The first kappa shape index (κ1) is 15.0. The van der Waals surface area contributed by atoms with Gasteiger partial charge in [-0.1, -0.05) is 25.3 Å². The van der Waals surface area contributed by atoms with Crippen LogP contribution in [0.15, 0.2) is 18.3 Å². The van der Waals surface area contributed by atoms with E-state index < -0.39 is 5.97 Å². The highest BCUT2D eigenvalue weighted by atomic mass is 32.1. The second-order valence-corrected chi connectivity index (χ2v) is 6.14. The molecule has 7 nitrogen and oxygen atoms in total. The van der Waals surface area contributed by atoms with E-state index in [2.05, 4.69) is 19.9 Å². The molecule has 0 saturated heterocycles. The smallest absolute Gasteiger partial charge is 0.354 e. The lowest BCUT2D eigenvalue weighted by molar-refractivity contribution is 0.0690. The van der Waals surface area contributed by atoms with Crippen molar-refractivity contribution in [3.63, 3.8) is 0 Å². The predicted octanol–water partition coefficient (Wildman–Crippen LogP) is 2.18. The van der Waals surface area contributed by atoms with Gasteiger partial charge >= 0.3 is 5.97 Å². The molecule has 2 rings (SSSR count). The molecular formula is C13H14N4O3S. The van der Waals surface area contributed by atoms with Crippen LogP contribution in [0.4, 0.5) is 5.69 Å². The topological polar surface area (TPSA) is 105 Å². The van der Waals surface area contributed by atoms with Crippen molar-refractivity contribution in [2.45, 2.75) is 26.2 Å². The molecule has 2 aromatic rings. The molecule has 2 heterocycles. The standard InChI is InChI=1S/C13H14N4O3S/c1-13(2,3)10-9(21-17-16-10)11(18)15-7-4-5-14-8(6-7)12(19)20/h4-6H,1-3H3,(H,19,20)(H,14,15,18). The van der Waals surface area contributed by atoms with E-state index in [-0.39, 0.29) is 17.0 Å². The fourth-order valence-electron chi connectivity index (χ4n) is 1.64. The molecule has 2 N–H and O–H groups in total.